The van der Waals surface area contributed by atoms with E-state index in [9.17, 15) is 8.78 Å². The first-order valence-corrected chi connectivity index (χ1v) is 5.78. The van der Waals surface area contributed by atoms with Gasteiger partial charge in [-0.15, -0.1) is 0 Å². The molecule has 0 aliphatic carbocycles. The highest BCUT2D eigenvalue weighted by atomic mass is 32.2. The first-order chi connectivity index (χ1) is 8.19. The average Bonchev–Trinajstić information content (AvgIpc) is 2.35. The van der Waals surface area contributed by atoms with Gasteiger partial charge >= 0.3 is 0 Å². The fraction of sp³-hybridized carbons (Fsp3) is 0.0833. The summed E-state index contributed by atoms with van der Waals surface area (Å²) in [6, 6.07) is 7.43. The standard InChI is InChI=1S/C12H10F2N2S/c13-10-3-2-9(5-11(10)14)17-12-4-1-8(6-15)7-16-12/h1-5,7H,6,15H2. The Hall–Kier alpha value is -1.46. The molecule has 88 valence electrons. The maximum atomic E-state index is 13.0. The van der Waals surface area contributed by atoms with E-state index in [1.54, 1.807) is 12.3 Å². The topological polar surface area (TPSA) is 38.9 Å². The van der Waals surface area contributed by atoms with Crippen LogP contribution in [0.25, 0.3) is 0 Å². The highest BCUT2D eigenvalue weighted by molar-refractivity contribution is 7.99. The van der Waals surface area contributed by atoms with Crippen LogP contribution >= 0.6 is 11.8 Å². The van der Waals surface area contributed by atoms with Crippen LogP contribution in [0.4, 0.5) is 8.78 Å². The Morgan fingerprint density at radius 3 is 2.53 bits per heavy atom. The third-order valence-electron chi connectivity index (χ3n) is 2.15. The van der Waals surface area contributed by atoms with E-state index in [-0.39, 0.29) is 0 Å². The SMILES string of the molecule is NCc1ccc(Sc2ccc(F)c(F)c2)nc1. The normalized spacial score (nSPS) is 10.5. The van der Waals surface area contributed by atoms with E-state index >= 15 is 0 Å². The molecular formula is C12H10F2N2S. The summed E-state index contributed by atoms with van der Waals surface area (Å²) in [5.41, 5.74) is 6.38. The van der Waals surface area contributed by atoms with E-state index in [1.165, 1.54) is 17.8 Å². The van der Waals surface area contributed by atoms with Crippen LogP contribution in [0.15, 0.2) is 46.5 Å². The lowest BCUT2D eigenvalue weighted by atomic mass is 10.3. The van der Waals surface area contributed by atoms with Crippen LogP contribution in [-0.2, 0) is 6.54 Å². The predicted molar refractivity (Wildman–Crippen MR) is 62.6 cm³/mol. The largest absolute Gasteiger partial charge is 0.326 e. The van der Waals surface area contributed by atoms with Gasteiger partial charge in [-0.1, -0.05) is 17.8 Å². The summed E-state index contributed by atoms with van der Waals surface area (Å²) in [5, 5.41) is 0.716. The summed E-state index contributed by atoms with van der Waals surface area (Å²) in [6.45, 7) is 0.434. The molecule has 0 unspecified atom stereocenters. The van der Waals surface area contributed by atoms with Crippen LogP contribution < -0.4 is 5.73 Å². The summed E-state index contributed by atoms with van der Waals surface area (Å²) < 4.78 is 25.7. The molecule has 1 heterocycles. The summed E-state index contributed by atoms with van der Waals surface area (Å²) >= 11 is 1.27. The lowest BCUT2D eigenvalue weighted by Gasteiger charge is -2.02. The van der Waals surface area contributed by atoms with Crippen molar-refractivity contribution < 1.29 is 8.78 Å². The van der Waals surface area contributed by atoms with Crippen LogP contribution in [0.2, 0.25) is 0 Å². The van der Waals surface area contributed by atoms with E-state index in [4.69, 9.17) is 5.73 Å². The van der Waals surface area contributed by atoms with Gasteiger partial charge in [0.25, 0.3) is 0 Å². The van der Waals surface area contributed by atoms with Gasteiger partial charge in [0, 0.05) is 17.6 Å². The third kappa shape index (κ3) is 3.01. The average molecular weight is 252 g/mol. The van der Waals surface area contributed by atoms with Gasteiger partial charge < -0.3 is 5.73 Å². The minimum Gasteiger partial charge on any atom is -0.326 e. The number of nitrogens with two attached hydrogens (primary N) is 1. The van der Waals surface area contributed by atoms with Gasteiger partial charge in [-0.05, 0) is 29.8 Å². The monoisotopic (exact) mass is 252 g/mol. The lowest BCUT2D eigenvalue weighted by molar-refractivity contribution is 0.506. The molecule has 0 aliphatic heterocycles. The third-order valence-corrected chi connectivity index (χ3v) is 3.09. The molecule has 0 saturated heterocycles. The van der Waals surface area contributed by atoms with Crippen molar-refractivity contribution in [2.75, 3.05) is 0 Å². The van der Waals surface area contributed by atoms with E-state index in [0.29, 0.717) is 16.5 Å². The molecule has 2 nitrogen and oxygen atoms in total. The van der Waals surface area contributed by atoms with Crippen LogP contribution in [-0.4, -0.2) is 4.98 Å². The Labute approximate surface area is 102 Å². The molecule has 0 amide bonds. The summed E-state index contributed by atoms with van der Waals surface area (Å²) in [6.07, 6.45) is 1.67. The molecule has 17 heavy (non-hydrogen) atoms. The molecule has 2 aromatic rings. The van der Waals surface area contributed by atoms with Gasteiger partial charge in [0.2, 0.25) is 0 Å². The Balaban J connectivity index is 2.16. The molecule has 2 rings (SSSR count). The van der Waals surface area contributed by atoms with Crippen LogP contribution in [0.5, 0.6) is 0 Å². The molecule has 2 N–H and O–H groups in total. The Bertz CT molecular complexity index is 514. The van der Waals surface area contributed by atoms with Crippen molar-refractivity contribution in [1.82, 2.24) is 4.98 Å². The maximum absolute atomic E-state index is 13.0. The van der Waals surface area contributed by atoms with Crippen molar-refractivity contribution >= 4 is 11.8 Å². The van der Waals surface area contributed by atoms with Crippen molar-refractivity contribution in [2.45, 2.75) is 16.5 Å². The van der Waals surface area contributed by atoms with Crippen LogP contribution in [0.3, 0.4) is 0 Å². The molecule has 0 saturated carbocycles. The number of nitrogens with zero attached hydrogens (tertiary/aromatic N) is 1. The molecule has 0 atom stereocenters. The maximum Gasteiger partial charge on any atom is 0.159 e. The quantitative estimate of drug-likeness (QED) is 0.912. The number of hydrogen-bond donors (Lipinski definition) is 1. The zero-order valence-electron chi connectivity index (χ0n) is 8.86. The molecule has 1 aromatic heterocycles. The molecule has 1 aromatic carbocycles. The zero-order valence-corrected chi connectivity index (χ0v) is 9.68. The van der Waals surface area contributed by atoms with Crippen molar-refractivity contribution in [2.24, 2.45) is 5.73 Å². The molecular weight excluding hydrogens is 242 g/mol. The van der Waals surface area contributed by atoms with Gasteiger partial charge in [0.05, 0.1) is 0 Å². The molecule has 0 spiro atoms. The highest BCUT2D eigenvalue weighted by Crippen LogP contribution is 2.26. The van der Waals surface area contributed by atoms with Crippen molar-refractivity contribution in [3.05, 3.63) is 53.7 Å². The molecule has 0 radical (unpaired) electrons. The highest BCUT2D eigenvalue weighted by Gasteiger charge is 2.04. The predicted octanol–water partition coefficient (Wildman–Crippen LogP) is 2.97. The van der Waals surface area contributed by atoms with Crippen molar-refractivity contribution in [3.63, 3.8) is 0 Å². The minimum absolute atomic E-state index is 0.434. The van der Waals surface area contributed by atoms with Crippen LogP contribution in [0, 0.1) is 11.6 Å². The van der Waals surface area contributed by atoms with Crippen molar-refractivity contribution in [3.8, 4) is 0 Å². The van der Waals surface area contributed by atoms with E-state index in [2.05, 4.69) is 4.98 Å². The van der Waals surface area contributed by atoms with E-state index in [1.807, 2.05) is 6.07 Å². The van der Waals surface area contributed by atoms with Gasteiger partial charge in [-0.2, -0.15) is 0 Å². The lowest BCUT2D eigenvalue weighted by Crippen LogP contribution is -1.96. The van der Waals surface area contributed by atoms with Crippen LogP contribution in [0.1, 0.15) is 5.56 Å². The fourth-order valence-electron chi connectivity index (χ4n) is 1.25. The number of hydrogen-bond acceptors (Lipinski definition) is 3. The molecule has 0 fully saturated rings. The number of benzene rings is 1. The molecule has 0 aliphatic rings. The van der Waals surface area contributed by atoms with Gasteiger partial charge in [-0.3, -0.25) is 0 Å². The van der Waals surface area contributed by atoms with Gasteiger partial charge in [-0.25, -0.2) is 13.8 Å². The Kier molecular flexibility index (Phi) is 3.71. The minimum atomic E-state index is -0.853. The Morgan fingerprint density at radius 1 is 1.12 bits per heavy atom. The number of halogens is 2. The second-order valence-electron chi connectivity index (χ2n) is 3.39. The smallest absolute Gasteiger partial charge is 0.159 e. The number of aromatic nitrogens is 1. The van der Waals surface area contributed by atoms with E-state index < -0.39 is 11.6 Å². The number of rotatable bonds is 3. The fourth-order valence-corrected chi connectivity index (χ4v) is 2.03. The molecule has 0 bridgehead atoms. The van der Waals surface area contributed by atoms with Gasteiger partial charge in [0.1, 0.15) is 5.03 Å². The second kappa shape index (κ2) is 5.25. The second-order valence-corrected chi connectivity index (χ2v) is 4.48. The first kappa shape index (κ1) is 12.0. The summed E-state index contributed by atoms with van der Waals surface area (Å²) in [4.78, 5) is 4.77. The van der Waals surface area contributed by atoms with Crippen molar-refractivity contribution in [1.29, 1.82) is 0 Å². The molecule has 5 heteroatoms. The summed E-state index contributed by atoms with van der Waals surface area (Å²) in [7, 11) is 0. The first-order valence-electron chi connectivity index (χ1n) is 4.97. The summed E-state index contributed by atoms with van der Waals surface area (Å²) in [5.74, 6) is -1.70. The van der Waals surface area contributed by atoms with E-state index in [0.717, 1.165) is 17.7 Å². The zero-order chi connectivity index (χ0) is 12.3. The Morgan fingerprint density at radius 2 is 1.94 bits per heavy atom. The number of pyridine rings is 1. The van der Waals surface area contributed by atoms with Gasteiger partial charge in [0.15, 0.2) is 11.6 Å².